The second kappa shape index (κ2) is 22.7. The van der Waals surface area contributed by atoms with Crippen molar-refractivity contribution >= 4 is 58.5 Å². The van der Waals surface area contributed by atoms with E-state index in [0.29, 0.717) is 18.1 Å². The average molecular weight is 865 g/mol. The normalized spacial score (nSPS) is 24.6. The Kier molecular flexibility index (Phi) is 22.1. The number of ether oxygens (including phenoxy) is 2. The zero-order valence-corrected chi connectivity index (χ0v) is 34.3. The van der Waals surface area contributed by atoms with Crippen LogP contribution in [0.1, 0.15) is 55.4 Å². The molecule has 2 aliphatic rings. The molecule has 256 valence electrons. The van der Waals surface area contributed by atoms with Crippen molar-refractivity contribution in [2.75, 3.05) is 13.2 Å². The first-order chi connectivity index (χ1) is 22.1. The van der Waals surface area contributed by atoms with E-state index in [-0.39, 0.29) is 89.7 Å². The van der Waals surface area contributed by atoms with Crippen LogP contribution in [-0.4, -0.2) is 121 Å². The predicted molar refractivity (Wildman–Crippen MR) is 164 cm³/mol. The van der Waals surface area contributed by atoms with Crippen LogP contribution >= 0.6 is 15.6 Å². The van der Waals surface area contributed by atoms with Crippen LogP contribution in [0.5, 0.6) is 0 Å². The number of phosphoric ester groups is 2. The minimum absolute atomic E-state index is 0. The number of hydrogen-bond acceptors (Lipinski definition) is 16. The van der Waals surface area contributed by atoms with Crippen molar-refractivity contribution in [3.05, 3.63) is 30.2 Å². The summed E-state index contributed by atoms with van der Waals surface area (Å²) < 4.78 is 46.9. The Labute approximate surface area is 341 Å². The molecule has 49 heavy (non-hydrogen) atoms. The Morgan fingerprint density at radius 3 is 1.84 bits per heavy atom. The Hall–Kier alpha value is 0.588. The summed E-state index contributed by atoms with van der Waals surface area (Å²) >= 11 is 0. The van der Waals surface area contributed by atoms with Crippen molar-refractivity contribution in [2.45, 2.75) is 94.7 Å². The summed E-state index contributed by atoms with van der Waals surface area (Å²) in [5, 5.41) is 9.12. The minimum Gasteiger partial charge on any atom is -0.790 e. The van der Waals surface area contributed by atoms with Gasteiger partial charge in [0.15, 0.2) is 15.7 Å². The number of aromatic nitrogens is 6. The van der Waals surface area contributed by atoms with E-state index in [4.69, 9.17) is 55.0 Å². The van der Waals surface area contributed by atoms with Gasteiger partial charge in [0.2, 0.25) is 0 Å². The smallest absolute Gasteiger partial charge is 0.472 e. The van der Waals surface area contributed by atoms with Crippen LogP contribution < -0.4 is 21.2 Å². The molecule has 7 atom stereocenters. The maximum Gasteiger partial charge on any atom is 0.472 e. The van der Waals surface area contributed by atoms with E-state index < -0.39 is 65.3 Å². The third kappa shape index (κ3) is 18.0. The molecule has 4 heterocycles. The third-order valence-corrected chi connectivity index (χ3v) is 8.12. The van der Waals surface area contributed by atoms with Gasteiger partial charge in [-0.25, -0.2) is 34.5 Å². The fraction of sp³-hybridized carbons (Fsp3) is 0.708. The largest absolute Gasteiger partial charge is 0.790 e. The Balaban J connectivity index is 0.000000474. The molecule has 0 amide bonds. The van der Waals surface area contributed by atoms with Gasteiger partial charge in [0.05, 0.1) is 44.7 Å². The predicted octanol–water partition coefficient (Wildman–Crippen LogP) is -3.46. The van der Waals surface area contributed by atoms with Gasteiger partial charge in [-0.15, -0.1) is 0 Å². The standard InChI is InChI=1S/C14H17B2N6.C10H18B2O11P2.2Y/c1-3-6-10-19-12(22-14(16)20-10)8-5-4-7-11-17-9(2)18-13(15)21-11;11-9-1-5(7(3-13)20-9)23-25(17,18)19-4-8-6(2-10(12)21-8)22-24(14,15)16;;/h1,3-8H2,2H3;5-10,13H,1-4H2,(H,17,18)(H2,14,15,16);;/q-1;;;/p-2/t;5-,6-,7?,8?,9?,10?;;/m.1../s1. The van der Waals surface area contributed by atoms with Crippen LogP contribution in [-0.2, 0) is 117 Å². The fourth-order valence-electron chi connectivity index (χ4n) is 4.67. The molecule has 0 aromatic carbocycles. The maximum absolute atomic E-state index is 12.0. The van der Waals surface area contributed by atoms with Gasteiger partial charge in [0, 0.05) is 90.3 Å². The topological polar surface area (TPSA) is 244 Å². The van der Waals surface area contributed by atoms with Crippen molar-refractivity contribution < 1.29 is 117 Å². The molecule has 2 aromatic heterocycles. The van der Waals surface area contributed by atoms with Gasteiger partial charge >= 0.3 is 7.82 Å². The molecular weight excluding hydrogens is 831 g/mol. The number of hydrogen-bond donors (Lipinski definition) is 2. The number of aliphatic hydroxyl groups excluding tert-OH is 1. The molecule has 10 radical (unpaired) electrons. The van der Waals surface area contributed by atoms with Gasteiger partial charge in [-0.1, -0.05) is 0 Å². The molecule has 2 aliphatic heterocycles. The molecular formula is C24H33B4N6O11P2Y2-3. The van der Waals surface area contributed by atoms with E-state index in [1.54, 1.807) is 6.92 Å². The molecule has 2 N–H and O–H groups in total. The molecule has 25 heteroatoms. The van der Waals surface area contributed by atoms with Gasteiger partial charge in [-0.3, -0.25) is 9.05 Å². The van der Waals surface area contributed by atoms with Crippen LogP contribution in [0.3, 0.4) is 0 Å². The van der Waals surface area contributed by atoms with Gasteiger partial charge < -0.3 is 45.3 Å². The number of unbranched alkanes of at least 4 members (excludes halogenated alkanes) is 1. The van der Waals surface area contributed by atoms with Crippen molar-refractivity contribution in [3.63, 3.8) is 0 Å². The summed E-state index contributed by atoms with van der Waals surface area (Å²) in [6.07, 6.45) is 0.452. The second-order valence-electron chi connectivity index (χ2n) is 10.6. The van der Waals surface area contributed by atoms with Crippen molar-refractivity contribution in [3.8, 4) is 0 Å². The van der Waals surface area contributed by atoms with Crippen LogP contribution in [0, 0.1) is 13.8 Å². The molecule has 0 saturated carbocycles. The Morgan fingerprint density at radius 1 is 0.837 bits per heavy atom. The van der Waals surface area contributed by atoms with Gasteiger partial charge in [-0.2, -0.15) is 6.42 Å². The minimum atomic E-state index is -5.30. The summed E-state index contributed by atoms with van der Waals surface area (Å²) in [6.45, 7) is 4.51. The Morgan fingerprint density at radius 2 is 1.33 bits per heavy atom. The first-order valence-electron chi connectivity index (χ1n) is 14.6. The molecule has 4 rings (SSSR count). The summed E-state index contributed by atoms with van der Waals surface area (Å²) in [5.74, 6) is 2.80. The van der Waals surface area contributed by atoms with Crippen LogP contribution in [0.15, 0.2) is 0 Å². The summed E-state index contributed by atoms with van der Waals surface area (Å²) in [5.41, 5.74) is 0.542. The number of nitrogens with zero attached hydrogens (tertiary/aromatic N) is 6. The monoisotopic (exact) mass is 865 g/mol. The number of aryl methyl sites for hydroxylation is 4. The van der Waals surface area contributed by atoms with Crippen molar-refractivity contribution in [2.24, 2.45) is 0 Å². The number of rotatable bonds is 15. The first kappa shape index (κ1) is 47.6. The van der Waals surface area contributed by atoms with E-state index in [0.717, 1.165) is 43.8 Å². The average Bonchev–Trinajstić information content (AvgIpc) is 3.48. The SMILES string of the molecule is [B]C1C[C@@H](OP(=O)([O-])[O-])C(COP(=O)(O)O[C@@H]2CC([B])OC2CO)O1.[B]c1nc(C)nc(CCCCc2nc([B])nc(CC[CH2-])n2)n1.[Y].[Y]. The zero-order chi connectivity index (χ0) is 34.8. The summed E-state index contributed by atoms with van der Waals surface area (Å²) in [7, 11) is 12.4. The van der Waals surface area contributed by atoms with E-state index in [2.05, 4.69) is 41.4 Å². The van der Waals surface area contributed by atoms with Crippen molar-refractivity contribution in [1.82, 2.24) is 29.9 Å². The number of aliphatic hydroxyl groups is 1. The van der Waals surface area contributed by atoms with Crippen LogP contribution in [0.4, 0.5) is 0 Å². The molecule has 0 spiro atoms. The number of phosphoric acid groups is 2. The van der Waals surface area contributed by atoms with Crippen LogP contribution in [0.25, 0.3) is 0 Å². The molecule has 0 aliphatic carbocycles. The molecule has 5 unspecified atom stereocenters. The third-order valence-electron chi connectivity index (χ3n) is 6.58. The second-order valence-corrected chi connectivity index (χ2v) is 13.1. The molecule has 2 aromatic rings. The summed E-state index contributed by atoms with van der Waals surface area (Å²) in [4.78, 5) is 56.1. The van der Waals surface area contributed by atoms with Gasteiger partial charge in [-0.05, 0) is 39.0 Å². The van der Waals surface area contributed by atoms with Crippen molar-refractivity contribution in [1.29, 1.82) is 0 Å². The summed E-state index contributed by atoms with van der Waals surface area (Å²) in [6, 6.07) is -1.69. The molecule has 2 fully saturated rings. The quantitative estimate of drug-likeness (QED) is 0.0765. The van der Waals surface area contributed by atoms with Gasteiger partial charge in [0.1, 0.15) is 51.2 Å². The van der Waals surface area contributed by atoms with Gasteiger partial charge in [0.25, 0.3) is 0 Å². The zero-order valence-electron chi connectivity index (χ0n) is 26.9. The molecule has 0 bridgehead atoms. The first-order valence-corrected chi connectivity index (χ1v) is 17.6. The van der Waals surface area contributed by atoms with E-state index in [9.17, 15) is 23.8 Å². The molecule has 2 saturated heterocycles. The van der Waals surface area contributed by atoms with E-state index in [1.807, 2.05) is 0 Å². The van der Waals surface area contributed by atoms with E-state index >= 15 is 0 Å². The van der Waals surface area contributed by atoms with Crippen LogP contribution in [0.2, 0.25) is 0 Å². The maximum atomic E-state index is 12.0. The molecule has 17 nitrogen and oxygen atoms in total. The van der Waals surface area contributed by atoms with E-state index in [1.165, 1.54) is 0 Å². The fourth-order valence-corrected chi connectivity index (χ4v) is 6.18. The Bertz CT molecular complexity index is 1390.